The molecule has 0 aliphatic carbocycles. The van der Waals surface area contributed by atoms with E-state index in [-0.39, 0.29) is 35.4 Å². The molecule has 0 aliphatic rings. The number of aromatic carboxylic acids is 1. The van der Waals surface area contributed by atoms with Crippen LogP contribution in [0.3, 0.4) is 0 Å². The number of halogens is 4. The third-order valence-electron chi connectivity index (χ3n) is 6.79. The number of benzene rings is 2. The Morgan fingerprint density at radius 2 is 1.93 bits per heavy atom. The Kier molecular flexibility index (Phi) is 8.35. The van der Waals surface area contributed by atoms with Gasteiger partial charge in [0.1, 0.15) is 24.3 Å². The Labute approximate surface area is 257 Å². The van der Waals surface area contributed by atoms with Gasteiger partial charge in [-0.15, -0.1) is 11.3 Å². The first-order valence-corrected chi connectivity index (χ1v) is 14.3. The van der Waals surface area contributed by atoms with Crippen molar-refractivity contribution in [2.75, 3.05) is 20.7 Å². The normalized spacial score (nSPS) is 11.8. The third kappa shape index (κ3) is 5.96. The van der Waals surface area contributed by atoms with Crippen molar-refractivity contribution in [2.24, 2.45) is 0 Å². The van der Waals surface area contributed by atoms with E-state index in [1.165, 1.54) is 28.2 Å². The second kappa shape index (κ2) is 11.9. The summed E-state index contributed by atoms with van der Waals surface area (Å²) in [5.41, 5.74) is -0.0700. The molecule has 5 rings (SSSR count). The molecule has 0 amide bonds. The quantitative estimate of drug-likeness (QED) is 0.208. The van der Waals surface area contributed by atoms with E-state index in [0.29, 0.717) is 50.4 Å². The number of carbonyl (C=O) groups is 1. The molecule has 5 aromatic rings. The predicted molar refractivity (Wildman–Crippen MR) is 160 cm³/mol. The number of thiophene rings is 1. The van der Waals surface area contributed by atoms with Crippen molar-refractivity contribution in [3.05, 3.63) is 85.4 Å². The van der Waals surface area contributed by atoms with Crippen LogP contribution in [0.15, 0.2) is 46.6 Å². The van der Waals surface area contributed by atoms with Gasteiger partial charge in [-0.25, -0.2) is 14.8 Å². The van der Waals surface area contributed by atoms with Crippen LogP contribution in [-0.4, -0.2) is 51.2 Å². The molecule has 226 valence electrons. The fourth-order valence-electron chi connectivity index (χ4n) is 4.88. The summed E-state index contributed by atoms with van der Waals surface area (Å²) in [6.45, 7) is 1.86. The van der Waals surface area contributed by atoms with Crippen molar-refractivity contribution in [3.63, 3.8) is 0 Å². The Morgan fingerprint density at radius 3 is 2.59 bits per heavy atom. The zero-order valence-electron chi connectivity index (χ0n) is 23.5. The summed E-state index contributed by atoms with van der Waals surface area (Å²) in [7, 11) is 3.73. The van der Waals surface area contributed by atoms with Gasteiger partial charge >= 0.3 is 12.1 Å². The van der Waals surface area contributed by atoms with Crippen LogP contribution in [0.5, 0.6) is 5.75 Å². The summed E-state index contributed by atoms with van der Waals surface area (Å²) in [4.78, 5) is 35.9. The van der Waals surface area contributed by atoms with Crippen LogP contribution in [0.4, 0.5) is 13.2 Å². The Balaban J connectivity index is 1.53. The molecule has 0 saturated heterocycles. The van der Waals surface area contributed by atoms with Crippen LogP contribution >= 0.6 is 22.9 Å². The van der Waals surface area contributed by atoms with Crippen molar-refractivity contribution in [3.8, 4) is 22.9 Å². The average molecular weight is 642 g/mol. The molecular weight excluding hydrogens is 619 g/mol. The number of ether oxygens (including phenoxy) is 1. The van der Waals surface area contributed by atoms with Crippen molar-refractivity contribution < 1.29 is 27.8 Å². The SMILES string of the molecule is Cc1nc2cc(C(F)(F)F)cc(C#N)c2c(=O)n1CCOc1ccc(Cl)cc1-c1cc(CN(C)C)nc2c(C(=O)O)csc12. The molecule has 3 heterocycles. The molecule has 0 spiro atoms. The Morgan fingerprint density at radius 1 is 1.18 bits per heavy atom. The van der Waals surface area contributed by atoms with E-state index in [4.69, 9.17) is 16.3 Å². The molecule has 2 aromatic carbocycles. The van der Waals surface area contributed by atoms with Crippen LogP contribution in [0.25, 0.3) is 32.2 Å². The number of hydrogen-bond acceptors (Lipinski definition) is 8. The Bertz CT molecular complexity index is 2050. The number of carboxylic acids is 1. The van der Waals surface area contributed by atoms with Crippen LogP contribution in [0.2, 0.25) is 5.02 Å². The van der Waals surface area contributed by atoms with E-state index in [0.717, 1.165) is 6.07 Å². The van der Waals surface area contributed by atoms with Gasteiger partial charge in [0.2, 0.25) is 0 Å². The predicted octanol–water partition coefficient (Wildman–Crippen LogP) is 6.36. The number of carboxylic acid groups (broad SMARTS) is 1. The highest BCUT2D eigenvalue weighted by Gasteiger charge is 2.32. The topological polar surface area (TPSA) is 121 Å². The zero-order valence-corrected chi connectivity index (χ0v) is 25.1. The molecule has 0 unspecified atom stereocenters. The summed E-state index contributed by atoms with van der Waals surface area (Å²) in [5, 5.41) is 21.0. The molecule has 0 saturated carbocycles. The molecule has 0 atom stereocenters. The molecule has 0 radical (unpaired) electrons. The number of aromatic nitrogens is 3. The van der Waals surface area contributed by atoms with Crippen LogP contribution < -0.4 is 10.3 Å². The third-order valence-corrected chi connectivity index (χ3v) is 8.02. The summed E-state index contributed by atoms with van der Waals surface area (Å²) < 4.78 is 48.0. The van der Waals surface area contributed by atoms with Gasteiger partial charge in [-0.1, -0.05) is 11.6 Å². The van der Waals surface area contributed by atoms with Gasteiger partial charge < -0.3 is 14.7 Å². The molecule has 14 heteroatoms. The van der Waals surface area contributed by atoms with Crippen molar-refractivity contribution in [1.29, 1.82) is 5.26 Å². The highest BCUT2D eigenvalue weighted by molar-refractivity contribution is 7.18. The van der Waals surface area contributed by atoms with E-state index in [1.807, 2.05) is 25.1 Å². The number of nitrogens with zero attached hydrogens (tertiary/aromatic N) is 5. The van der Waals surface area contributed by atoms with Gasteiger partial charge in [-0.05, 0) is 57.4 Å². The second-order valence-corrected chi connectivity index (χ2v) is 11.5. The summed E-state index contributed by atoms with van der Waals surface area (Å²) in [5.74, 6) is -0.553. The number of nitriles is 1. The largest absolute Gasteiger partial charge is 0.491 e. The van der Waals surface area contributed by atoms with E-state index in [9.17, 15) is 33.1 Å². The van der Waals surface area contributed by atoms with Crippen molar-refractivity contribution in [2.45, 2.75) is 26.2 Å². The fourth-order valence-corrected chi connectivity index (χ4v) is 6.06. The monoisotopic (exact) mass is 641 g/mol. The number of hydrogen-bond donors (Lipinski definition) is 1. The number of pyridine rings is 1. The maximum absolute atomic E-state index is 13.4. The smallest absolute Gasteiger partial charge is 0.416 e. The lowest BCUT2D eigenvalue weighted by Gasteiger charge is -2.17. The zero-order chi connectivity index (χ0) is 31.9. The van der Waals surface area contributed by atoms with Crippen LogP contribution in [0.1, 0.15) is 33.0 Å². The van der Waals surface area contributed by atoms with E-state index < -0.39 is 28.8 Å². The first kappa shape index (κ1) is 30.9. The molecular formula is C30H23ClF3N5O4S. The van der Waals surface area contributed by atoms with Gasteiger partial charge in [-0.2, -0.15) is 18.4 Å². The molecule has 0 fully saturated rings. The maximum Gasteiger partial charge on any atom is 0.416 e. The summed E-state index contributed by atoms with van der Waals surface area (Å²) in [6, 6.07) is 9.90. The molecule has 0 bridgehead atoms. The molecule has 9 nitrogen and oxygen atoms in total. The van der Waals surface area contributed by atoms with Gasteiger partial charge in [0, 0.05) is 28.1 Å². The van der Waals surface area contributed by atoms with Gasteiger partial charge in [0.25, 0.3) is 5.56 Å². The average Bonchev–Trinajstić information content (AvgIpc) is 3.37. The van der Waals surface area contributed by atoms with Crippen LogP contribution in [0, 0.1) is 18.3 Å². The van der Waals surface area contributed by atoms with Crippen molar-refractivity contribution >= 4 is 50.0 Å². The lowest BCUT2D eigenvalue weighted by atomic mass is 10.0. The van der Waals surface area contributed by atoms with E-state index in [1.54, 1.807) is 24.3 Å². The maximum atomic E-state index is 13.4. The van der Waals surface area contributed by atoms with E-state index in [2.05, 4.69) is 9.97 Å². The fraction of sp³-hybridized carbons (Fsp3) is 0.233. The minimum absolute atomic E-state index is 0.0264. The number of fused-ring (bicyclic) bond motifs is 2. The lowest BCUT2D eigenvalue weighted by Crippen LogP contribution is -2.27. The first-order valence-electron chi connectivity index (χ1n) is 13.0. The summed E-state index contributed by atoms with van der Waals surface area (Å²) >= 11 is 7.60. The second-order valence-electron chi connectivity index (χ2n) is 10.2. The van der Waals surface area contributed by atoms with E-state index >= 15 is 0 Å². The van der Waals surface area contributed by atoms with Gasteiger partial charge in [0.05, 0.1) is 50.0 Å². The number of alkyl halides is 3. The molecule has 0 aliphatic heterocycles. The minimum atomic E-state index is -4.71. The lowest BCUT2D eigenvalue weighted by molar-refractivity contribution is -0.137. The highest BCUT2D eigenvalue weighted by Crippen LogP contribution is 2.40. The van der Waals surface area contributed by atoms with Crippen molar-refractivity contribution in [1.82, 2.24) is 19.4 Å². The summed E-state index contributed by atoms with van der Waals surface area (Å²) in [6.07, 6.45) is -4.71. The van der Waals surface area contributed by atoms with Crippen LogP contribution in [-0.2, 0) is 19.3 Å². The number of aryl methyl sites for hydroxylation is 1. The number of rotatable bonds is 8. The van der Waals surface area contributed by atoms with Gasteiger partial charge in [-0.3, -0.25) is 9.36 Å². The molecule has 3 aromatic heterocycles. The van der Waals surface area contributed by atoms with Gasteiger partial charge in [0.15, 0.2) is 0 Å². The highest BCUT2D eigenvalue weighted by atomic mass is 35.5. The first-order chi connectivity index (χ1) is 20.8. The standard InChI is InChI=1S/C30H23ClF3N5O4S/c1-15-36-23-9-17(30(32,33)34)8-16(12-35)25(23)28(40)39(15)6-7-43-24-5-4-18(31)10-20(24)21-11-19(13-38(2)3)37-26-22(29(41)42)14-44-27(21)26/h4-5,8-11,14H,6-7,13H2,1-3H3,(H,41,42). The molecule has 1 N–H and O–H groups in total. The Hall–Kier alpha value is -4.51. The molecule has 44 heavy (non-hydrogen) atoms. The minimum Gasteiger partial charge on any atom is -0.491 e.